The average molecular weight is 402 g/mol. The smallest absolute Gasteiger partial charge is 0.244 e. The highest BCUT2D eigenvalue weighted by molar-refractivity contribution is 5.91. The van der Waals surface area contributed by atoms with E-state index in [1.165, 1.54) is 0 Å². The molecular formula is C25H27N3O2. The number of aromatic nitrogens is 1. The van der Waals surface area contributed by atoms with Gasteiger partial charge in [0.1, 0.15) is 5.75 Å². The minimum absolute atomic E-state index is 0.126. The minimum atomic E-state index is -0.126. The van der Waals surface area contributed by atoms with E-state index in [1.54, 1.807) is 24.5 Å². The predicted molar refractivity (Wildman–Crippen MR) is 122 cm³/mol. The molecule has 0 aliphatic carbocycles. The van der Waals surface area contributed by atoms with E-state index >= 15 is 0 Å². The highest BCUT2D eigenvalue weighted by Crippen LogP contribution is 2.22. The highest BCUT2D eigenvalue weighted by atomic mass is 16.5. The number of hydrogen-bond acceptors (Lipinski definition) is 4. The summed E-state index contributed by atoms with van der Waals surface area (Å²) in [6, 6.07) is 19.8. The summed E-state index contributed by atoms with van der Waals surface area (Å²) in [4.78, 5) is 18.3. The largest absolute Gasteiger partial charge is 0.494 e. The van der Waals surface area contributed by atoms with Gasteiger partial charge in [-0.05, 0) is 60.0 Å². The number of nitrogens with zero attached hydrogens (tertiary/aromatic N) is 2. The standard InChI is InChI=1S/C25H27N3O2/c1-3-18-30-24-11-6-20(7-12-24)8-13-25(29)27-19-21-4-9-22(10-5-21)28(2)23-14-16-26-17-15-23/h4-17H,3,18-19H2,1-2H3,(H,27,29). The number of amides is 1. The zero-order chi connectivity index (χ0) is 21.2. The number of anilines is 2. The van der Waals surface area contributed by atoms with Gasteiger partial charge in [-0.3, -0.25) is 9.78 Å². The predicted octanol–water partition coefficient (Wildman–Crippen LogP) is 4.97. The lowest BCUT2D eigenvalue weighted by molar-refractivity contribution is -0.116. The lowest BCUT2D eigenvalue weighted by Crippen LogP contribution is -2.20. The summed E-state index contributed by atoms with van der Waals surface area (Å²) < 4.78 is 5.56. The Bertz CT molecular complexity index is 952. The summed E-state index contributed by atoms with van der Waals surface area (Å²) >= 11 is 0. The topological polar surface area (TPSA) is 54.5 Å². The summed E-state index contributed by atoms with van der Waals surface area (Å²) in [5.74, 6) is 0.718. The summed E-state index contributed by atoms with van der Waals surface area (Å²) in [5, 5.41) is 2.92. The monoisotopic (exact) mass is 401 g/mol. The molecule has 30 heavy (non-hydrogen) atoms. The average Bonchev–Trinajstić information content (AvgIpc) is 2.81. The number of hydrogen-bond donors (Lipinski definition) is 1. The molecule has 5 nitrogen and oxygen atoms in total. The first-order valence-corrected chi connectivity index (χ1v) is 10.1. The molecule has 0 spiro atoms. The van der Waals surface area contributed by atoms with Crippen LogP contribution in [0.25, 0.3) is 6.08 Å². The van der Waals surface area contributed by atoms with Gasteiger partial charge in [-0.1, -0.05) is 31.2 Å². The summed E-state index contributed by atoms with van der Waals surface area (Å²) in [6.07, 6.45) is 7.88. The van der Waals surface area contributed by atoms with E-state index in [4.69, 9.17) is 4.74 Å². The maximum Gasteiger partial charge on any atom is 0.244 e. The van der Waals surface area contributed by atoms with E-state index < -0.39 is 0 Å². The Morgan fingerprint density at radius 2 is 1.67 bits per heavy atom. The van der Waals surface area contributed by atoms with Crippen LogP contribution >= 0.6 is 0 Å². The van der Waals surface area contributed by atoms with E-state index in [0.717, 1.165) is 34.7 Å². The molecule has 0 unspecified atom stereocenters. The van der Waals surface area contributed by atoms with Crippen LogP contribution < -0.4 is 15.0 Å². The Morgan fingerprint density at radius 3 is 2.33 bits per heavy atom. The first-order chi connectivity index (χ1) is 14.7. The molecule has 1 N–H and O–H groups in total. The first kappa shape index (κ1) is 21.1. The Hall–Kier alpha value is -3.60. The van der Waals surface area contributed by atoms with Crippen LogP contribution in [-0.2, 0) is 11.3 Å². The molecule has 0 atom stereocenters. The highest BCUT2D eigenvalue weighted by Gasteiger charge is 2.04. The van der Waals surface area contributed by atoms with Gasteiger partial charge >= 0.3 is 0 Å². The van der Waals surface area contributed by atoms with E-state index in [1.807, 2.05) is 67.7 Å². The van der Waals surface area contributed by atoms with Crippen molar-refractivity contribution in [3.63, 3.8) is 0 Å². The van der Waals surface area contributed by atoms with E-state index in [9.17, 15) is 4.79 Å². The lowest BCUT2D eigenvalue weighted by Gasteiger charge is -2.19. The second-order valence-electron chi connectivity index (χ2n) is 6.90. The molecule has 0 aliphatic heterocycles. The quantitative estimate of drug-likeness (QED) is 0.515. The van der Waals surface area contributed by atoms with Gasteiger partial charge in [0.25, 0.3) is 0 Å². The number of ether oxygens (including phenoxy) is 1. The van der Waals surface area contributed by atoms with Gasteiger partial charge in [0.2, 0.25) is 5.91 Å². The zero-order valence-electron chi connectivity index (χ0n) is 17.4. The Labute approximate surface area is 178 Å². The number of nitrogens with one attached hydrogen (secondary N) is 1. The van der Waals surface area contributed by atoms with Crippen molar-refractivity contribution in [1.82, 2.24) is 10.3 Å². The Balaban J connectivity index is 1.49. The normalized spacial score (nSPS) is 10.7. The fourth-order valence-corrected chi connectivity index (χ4v) is 2.87. The van der Waals surface area contributed by atoms with Crippen LogP contribution in [0.3, 0.4) is 0 Å². The van der Waals surface area contributed by atoms with Gasteiger partial charge in [-0.2, -0.15) is 0 Å². The molecule has 0 saturated heterocycles. The van der Waals surface area contributed by atoms with Crippen LogP contribution in [0.15, 0.2) is 79.1 Å². The van der Waals surface area contributed by atoms with Crippen molar-refractivity contribution in [2.24, 2.45) is 0 Å². The van der Waals surface area contributed by atoms with E-state index in [-0.39, 0.29) is 5.91 Å². The molecule has 0 aliphatic rings. The maximum atomic E-state index is 12.1. The molecular weight excluding hydrogens is 374 g/mol. The third kappa shape index (κ3) is 6.21. The number of pyridine rings is 1. The second kappa shape index (κ2) is 10.8. The van der Waals surface area contributed by atoms with E-state index in [2.05, 4.69) is 22.1 Å². The summed E-state index contributed by atoms with van der Waals surface area (Å²) in [5.41, 5.74) is 4.14. The van der Waals surface area contributed by atoms with Gasteiger partial charge in [-0.15, -0.1) is 0 Å². The molecule has 154 valence electrons. The number of carbonyl (C=O) groups is 1. The van der Waals surface area contributed by atoms with Gasteiger partial charge in [0, 0.05) is 43.4 Å². The lowest BCUT2D eigenvalue weighted by atomic mass is 10.2. The van der Waals surface area contributed by atoms with Gasteiger partial charge in [-0.25, -0.2) is 0 Å². The summed E-state index contributed by atoms with van der Waals surface area (Å²) in [6.45, 7) is 3.26. The van der Waals surface area contributed by atoms with E-state index in [0.29, 0.717) is 13.2 Å². The van der Waals surface area contributed by atoms with Crippen molar-refractivity contribution in [2.45, 2.75) is 19.9 Å². The Morgan fingerprint density at radius 1 is 1.00 bits per heavy atom. The molecule has 1 aromatic heterocycles. The van der Waals surface area contributed by atoms with Crippen LogP contribution in [0.4, 0.5) is 11.4 Å². The molecule has 0 radical (unpaired) electrons. The van der Waals surface area contributed by atoms with Crippen molar-refractivity contribution in [1.29, 1.82) is 0 Å². The third-order valence-electron chi connectivity index (χ3n) is 4.62. The molecule has 0 bridgehead atoms. The number of rotatable bonds is 9. The third-order valence-corrected chi connectivity index (χ3v) is 4.62. The van der Waals surface area contributed by atoms with Crippen LogP contribution in [0.1, 0.15) is 24.5 Å². The van der Waals surface area contributed by atoms with Gasteiger partial charge < -0.3 is 15.0 Å². The fourth-order valence-electron chi connectivity index (χ4n) is 2.87. The molecule has 3 aromatic rings. The SMILES string of the molecule is CCCOc1ccc(C=CC(=O)NCc2ccc(N(C)c3ccncc3)cc2)cc1. The van der Waals surface area contributed by atoms with Crippen LogP contribution in [-0.4, -0.2) is 24.5 Å². The molecule has 5 heteroatoms. The van der Waals surface area contributed by atoms with Crippen molar-refractivity contribution < 1.29 is 9.53 Å². The molecule has 0 fully saturated rings. The number of carbonyl (C=O) groups excluding carboxylic acids is 1. The fraction of sp³-hybridized carbons (Fsp3) is 0.200. The van der Waals surface area contributed by atoms with Crippen molar-refractivity contribution in [3.05, 3.63) is 90.3 Å². The molecule has 2 aromatic carbocycles. The van der Waals surface area contributed by atoms with Crippen molar-refractivity contribution in [2.75, 3.05) is 18.6 Å². The number of benzene rings is 2. The van der Waals surface area contributed by atoms with Crippen LogP contribution in [0.2, 0.25) is 0 Å². The van der Waals surface area contributed by atoms with Gasteiger partial charge in [0.05, 0.1) is 6.61 Å². The molecule has 1 heterocycles. The van der Waals surface area contributed by atoms with Crippen LogP contribution in [0, 0.1) is 0 Å². The maximum absolute atomic E-state index is 12.1. The van der Waals surface area contributed by atoms with Crippen molar-refractivity contribution in [3.8, 4) is 5.75 Å². The minimum Gasteiger partial charge on any atom is -0.494 e. The Kier molecular flexibility index (Phi) is 7.61. The summed E-state index contributed by atoms with van der Waals surface area (Å²) in [7, 11) is 2.01. The van der Waals surface area contributed by atoms with Gasteiger partial charge in [0.15, 0.2) is 0 Å². The van der Waals surface area contributed by atoms with Crippen LogP contribution in [0.5, 0.6) is 5.75 Å². The molecule has 3 rings (SSSR count). The zero-order valence-corrected chi connectivity index (χ0v) is 17.4. The first-order valence-electron chi connectivity index (χ1n) is 10.1. The molecule has 1 amide bonds. The second-order valence-corrected chi connectivity index (χ2v) is 6.90. The molecule has 0 saturated carbocycles. The van der Waals surface area contributed by atoms with Crippen molar-refractivity contribution >= 4 is 23.4 Å².